The van der Waals surface area contributed by atoms with E-state index in [1.54, 1.807) is 12.3 Å². The lowest BCUT2D eigenvalue weighted by Crippen LogP contribution is -2.46. The fourth-order valence-corrected chi connectivity index (χ4v) is 2.59. The monoisotopic (exact) mass is 401 g/mol. The fraction of sp³-hybridized carbons (Fsp3) is 0.267. The van der Waals surface area contributed by atoms with Crippen LogP contribution in [0.15, 0.2) is 41.3 Å². The summed E-state index contributed by atoms with van der Waals surface area (Å²) in [5, 5.41) is 17.3. The van der Waals surface area contributed by atoms with Gasteiger partial charge in [0.15, 0.2) is 0 Å². The third-order valence-electron chi connectivity index (χ3n) is 3.25. The first-order chi connectivity index (χ1) is 11.0. The zero-order valence-electron chi connectivity index (χ0n) is 12.4. The Balaban J connectivity index is 1.88. The van der Waals surface area contributed by atoms with Crippen LogP contribution in [0.3, 0.4) is 0 Å². The molecule has 5 nitrogen and oxygen atoms in total. The number of benzene rings is 1. The molecule has 1 aliphatic heterocycles. The van der Waals surface area contributed by atoms with Crippen LogP contribution in [0.1, 0.15) is 0 Å². The lowest BCUT2D eigenvalue weighted by atomic mass is 10.3. The molecule has 4 N–H and O–H groups in total. The van der Waals surface area contributed by atoms with Crippen LogP contribution in [0, 0.1) is 11.2 Å². The van der Waals surface area contributed by atoms with E-state index in [-0.39, 0.29) is 5.02 Å². The summed E-state index contributed by atoms with van der Waals surface area (Å²) in [6.45, 7) is 7.17. The number of nitrogens with zero attached hydrogens (tertiary/aromatic N) is 1. The normalized spacial score (nSPS) is 15.3. The molecule has 0 aliphatic carbocycles. The molecule has 1 aromatic carbocycles. The van der Waals surface area contributed by atoms with E-state index in [2.05, 4.69) is 38.5 Å². The topological polar surface area (TPSA) is 63.2 Å². The molecular weight excluding hydrogens is 385 g/mol. The van der Waals surface area contributed by atoms with Crippen molar-refractivity contribution < 1.29 is 4.39 Å². The highest BCUT2D eigenvalue weighted by molar-refractivity contribution is 9.12. The number of halogens is 3. The minimum atomic E-state index is -0.470. The van der Waals surface area contributed by atoms with Gasteiger partial charge in [-0.1, -0.05) is 18.2 Å². The zero-order valence-corrected chi connectivity index (χ0v) is 14.8. The van der Waals surface area contributed by atoms with Crippen LogP contribution in [-0.4, -0.2) is 36.9 Å². The molecule has 1 heterocycles. The minimum Gasteiger partial charge on any atom is -0.354 e. The Morgan fingerprint density at radius 3 is 2.78 bits per heavy atom. The van der Waals surface area contributed by atoms with Crippen LogP contribution in [0.2, 0.25) is 5.02 Å². The minimum absolute atomic E-state index is 0.0417. The Morgan fingerprint density at radius 1 is 1.43 bits per heavy atom. The number of hydrogen-bond donors (Lipinski definition) is 4. The molecule has 1 aromatic rings. The van der Waals surface area contributed by atoms with Gasteiger partial charge in [-0.25, -0.2) is 4.39 Å². The van der Waals surface area contributed by atoms with Gasteiger partial charge in [-0.2, -0.15) is 0 Å². The third-order valence-corrected chi connectivity index (χ3v) is 4.14. The SMILES string of the molecule is C=C(NC=C(Br)C(=N)N1CCNCC1)Nc1ccc(F)c(Cl)c1. The van der Waals surface area contributed by atoms with E-state index in [1.807, 2.05) is 4.90 Å². The molecule has 8 heteroatoms. The molecule has 0 bridgehead atoms. The van der Waals surface area contributed by atoms with Crippen molar-refractivity contribution in [2.75, 3.05) is 31.5 Å². The lowest BCUT2D eigenvalue weighted by Gasteiger charge is -2.29. The van der Waals surface area contributed by atoms with Gasteiger partial charge >= 0.3 is 0 Å². The van der Waals surface area contributed by atoms with Crippen LogP contribution < -0.4 is 16.0 Å². The molecule has 0 saturated carbocycles. The highest BCUT2D eigenvalue weighted by Crippen LogP contribution is 2.20. The van der Waals surface area contributed by atoms with E-state index in [0.717, 1.165) is 26.2 Å². The van der Waals surface area contributed by atoms with Gasteiger partial charge in [0.05, 0.1) is 15.3 Å². The quantitative estimate of drug-likeness (QED) is 0.451. The van der Waals surface area contributed by atoms with Gasteiger partial charge in [0.1, 0.15) is 11.7 Å². The second kappa shape index (κ2) is 8.33. The average molecular weight is 403 g/mol. The van der Waals surface area contributed by atoms with Crippen molar-refractivity contribution in [1.29, 1.82) is 5.41 Å². The van der Waals surface area contributed by atoms with Crippen molar-refractivity contribution in [2.24, 2.45) is 0 Å². The Bertz CT molecular complexity index is 628. The van der Waals surface area contributed by atoms with E-state index < -0.39 is 5.82 Å². The van der Waals surface area contributed by atoms with Gasteiger partial charge < -0.3 is 20.9 Å². The Hall–Kier alpha value is -1.57. The summed E-state index contributed by atoms with van der Waals surface area (Å²) in [6, 6.07) is 4.32. The van der Waals surface area contributed by atoms with Crippen LogP contribution >= 0.6 is 27.5 Å². The van der Waals surface area contributed by atoms with Crippen molar-refractivity contribution in [3.8, 4) is 0 Å². The predicted molar refractivity (Wildman–Crippen MR) is 96.5 cm³/mol. The van der Waals surface area contributed by atoms with Crippen molar-refractivity contribution in [3.63, 3.8) is 0 Å². The van der Waals surface area contributed by atoms with Crippen molar-refractivity contribution in [3.05, 3.63) is 52.1 Å². The summed E-state index contributed by atoms with van der Waals surface area (Å²) >= 11 is 9.12. The number of hydrogen-bond acceptors (Lipinski definition) is 4. The first kappa shape index (κ1) is 17.8. The van der Waals surface area contributed by atoms with Crippen LogP contribution in [0.5, 0.6) is 0 Å². The molecule has 0 radical (unpaired) electrons. The maximum atomic E-state index is 13.1. The van der Waals surface area contributed by atoms with Gasteiger partial charge in [0, 0.05) is 38.1 Å². The molecule has 1 saturated heterocycles. The van der Waals surface area contributed by atoms with Gasteiger partial charge in [-0.15, -0.1) is 0 Å². The largest absolute Gasteiger partial charge is 0.354 e. The summed E-state index contributed by atoms with van der Waals surface area (Å²) < 4.78 is 13.7. The van der Waals surface area contributed by atoms with Crippen LogP contribution in [0.4, 0.5) is 10.1 Å². The Labute approximate surface area is 148 Å². The van der Waals surface area contributed by atoms with E-state index >= 15 is 0 Å². The molecule has 0 spiro atoms. The molecular formula is C15H18BrClFN5. The van der Waals surface area contributed by atoms with E-state index in [4.69, 9.17) is 17.0 Å². The molecule has 0 aromatic heterocycles. The number of amidine groups is 1. The molecule has 124 valence electrons. The van der Waals surface area contributed by atoms with Crippen LogP contribution in [-0.2, 0) is 0 Å². The summed E-state index contributed by atoms with van der Waals surface area (Å²) in [5.41, 5.74) is 0.621. The molecule has 1 aliphatic rings. The summed E-state index contributed by atoms with van der Waals surface area (Å²) in [5.74, 6) is 0.428. The van der Waals surface area contributed by atoms with E-state index in [0.29, 0.717) is 21.8 Å². The highest BCUT2D eigenvalue weighted by Gasteiger charge is 2.15. The summed E-state index contributed by atoms with van der Waals surface area (Å²) in [6.07, 6.45) is 1.64. The first-order valence-electron chi connectivity index (χ1n) is 7.05. The van der Waals surface area contributed by atoms with Gasteiger partial charge in [0.25, 0.3) is 0 Å². The molecule has 0 amide bonds. The van der Waals surface area contributed by atoms with E-state index in [1.165, 1.54) is 12.1 Å². The zero-order chi connectivity index (χ0) is 16.8. The summed E-state index contributed by atoms with van der Waals surface area (Å²) in [7, 11) is 0. The standard InChI is InChI=1S/C15H18BrClFN5/c1-10(22-11-2-3-14(18)13(17)8-11)21-9-12(16)15(19)23-6-4-20-5-7-23/h2-3,8-9,19-22H,1,4-7H2. The van der Waals surface area contributed by atoms with Crippen molar-refractivity contribution in [1.82, 2.24) is 15.5 Å². The summed E-state index contributed by atoms with van der Waals surface area (Å²) in [4.78, 5) is 1.98. The van der Waals surface area contributed by atoms with Crippen molar-refractivity contribution >= 4 is 39.1 Å². The van der Waals surface area contributed by atoms with Gasteiger partial charge in [0.2, 0.25) is 0 Å². The number of nitrogens with one attached hydrogen (secondary N) is 4. The molecule has 23 heavy (non-hydrogen) atoms. The molecule has 0 atom stereocenters. The highest BCUT2D eigenvalue weighted by atomic mass is 79.9. The molecule has 0 unspecified atom stereocenters. The Kier molecular flexibility index (Phi) is 6.44. The maximum Gasteiger partial charge on any atom is 0.141 e. The van der Waals surface area contributed by atoms with E-state index in [9.17, 15) is 4.39 Å². The van der Waals surface area contributed by atoms with Crippen LogP contribution in [0.25, 0.3) is 0 Å². The van der Waals surface area contributed by atoms with Gasteiger partial charge in [-0.3, -0.25) is 5.41 Å². The first-order valence-corrected chi connectivity index (χ1v) is 8.22. The van der Waals surface area contributed by atoms with Crippen molar-refractivity contribution in [2.45, 2.75) is 0 Å². The number of piperazine rings is 1. The van der Waals surface area contributed by atoms with Gasteiger partial charge in [-0.05, 0) is 34.1 Å². The number of anilines is 1. The molecule has 2 rings (SSSR count). The fourth-order valence-electron chi connectivity index (χ4n) is 2.04. The average Bonchev–Trinajstić information content (AvgIpc) is 2.56. The maximum absolute atomic E-state index is 13.1. The second-order valence-corrected chi connectivity index (χ2v) is 6.22. The predicted octanol–water partition coefficient (Wildman–Crippen LogP) is 3.07. The molecule has 1 fully saturated rings. The third kappa shape index (κ3) is 5.23. The second-order valence-electron chi connectivity index (χ2n) is 4.95. The lowest BCUT2D eigenvalue weighted by molar-refractivity contribution is 0.357. The number of rotatable bonds is 5. The Morgan fingerprint density at radius 2 is 2.13 bits per heavy atom. The smallest absolute Gasteiger partial charge is 0.141 e.